The van der Waals surface area contributed by atoms with E-state index in [-0.39, 0.29) is 24.1 Å². The van der Waals surface area contributed by atoms with Crippen molar-refractivity contribution in [1.82, 2.24) is 15.1 Å². The van der Waals surface area contributed by atoms with Gasteiger partial charge in [-0.05, 0) is 44.0 Å². The Labute approximate surface area is 148 Å². The lowest BCUT2D eigenvalue weighted by atomic mass is 9.81. The first-order valence-corrected chi connectivity index (χ1v) is 9.04. The SMILES string of the molecule is CC1(c2ccc(F)cc2)CC(=O)N(CCCCN2CCNCC2)C1=O. The molecular formula is C19H26FN3O2. The van der Waals surface area contributed by atoms with Gasteiger partial charge in [-0.2, -0.15) is 0 Å². The van der Waals surface area contributed by atoms with Crippen LogP contribution >= 0.6 is 0 Å². The maximum absolute atomic E-state index is 13.1. The van der Waals surface area contributed by atoms with E-state index in [1.165, 1.54) is 17.0 Å². The molecule has 0 spiro atoms. The Morgan fingerprint density at radius 2 is 1.72 bits per heavy atom. The highest BCUT2D eigenvalue weighted by molar-refractivity contribution is 6.08. The lowest BCUT2D eigenvalue weighted by Crippen LogP contribution is -2.44. The standard InChI is InChI=1S/C19H26FN3O2/c1-19(15-4-6-16(20)7-5-15)14-17(24)23(18(19)25)11-3-2-10-22-12-8-21-9-13-22/h4-7,21H,2-3,8-14H2,1H3. The third-order valence-electron chi connectivity index (χ3n) is 5.32. The average molecular weight is 347 g/mol. The molecule has 1 aromatic carbocycles. The third-order valence-corrected chi connectivity index (χ3v) is 5.32. The molecule has 1 atom stereocenters. The van der Waals surface area contributed by atoms with E-state index < -0.39 is 5.41 Å². The zero-order valence-corrected chi connectivity index (χ0v) is 14.8. The van der Waals surface area contributed by atoms with E-state index in [9.17, 15) is 14.0 Å². The summed E-state index contributed by atoms with van der Waals surface area (Å²) in [6, 6.07) is 5.89. The van der Waals surface area contributed by atoms with Crippen molar-refractivity contribution in [2.45, 2.75) is 31.6 Å². The number of benzene rings is 1. The molecular weight excluding hydrogens is 321 g/mol. The fourth-order valence-corrected chi connectivity index (χ4v) is 3.69. The Morgan fingerprint density at radius 3 is 2.40 bits per heavy atom. The molecule has 2 heterocycles. The Bertz CT molecular complexity index is 628. The van der Waals surface area contributed by atoms with Gasteiger partial charge in [0.2, 0.25) is 11.8 Å². The summed E-state index contributed by atoms with van der Waals surface area (Å²) in [5.41, 5.74) is -0.167. The van der Waals surface area contributed by atoms with Crippen LogP contribution in [-0.2, 0) is 15.0 Å². The summed E-state index contributed by atoms with van der Waals surface area (Å²) in [5, 5.41) is 3.33. The van der Waals surface area contributed by atoms with Crippen LogP contribution in [0.5, 0.6) is 0 Å². The van der Waals surface area contributed by atoms with Crippen LogP contribution in [0.1, 0.15) is 31.7 Å². The molecule has 0 aromatic heterocycles. The van der Waals surface area contributed by atoms with Crippen LogP contribution in [0.25, 0.3) is 0 Å². The van der Waals surface area contributed by atoms with Crippen LogP contribution in [0, 0.1) is 5.82 Å². The first-order chi connectivity index (χ1) is 12.0. The van der Waals surface area contributed by atoms with E-state index in [1.807, 2.05) is 0 Å². The minimum absolute atomic E-state index is 0.126. The van der Waals surface area contributed by atoms with Crippen LogP contribution in [-0.4, -0.2) is 60.9 Å². The maximum Gasteiger partial charge on any atom is 0.240 e. The van der Waals surface area contributed by atoms with Gasteiger partial charge in [-0.3, -0.25) is 14.5 Å². The van der Waals surface area contributed by atoms with Crippen LogP contribution in [0.2, 0.25) is 0 Å². The summed E-state index contributed by atoms with van der Waals surface area (Å²) in [6.07, 6.45) is 1.96. The smallest absolute Gasteiger partial charge is 0.240 e. The van der Waals surface area contributed by atoms with Gasteiger partial charge < -0.3 is 10.2 Å². The second kappa shape index (κ2) is 7.62. The summed E-state index contributed by atoms with van der Waals surface area (Å²) in [7, 11) is 0. The number of rotatable bonds is 6. The summed E-state index contributed by atoms with van der Waals surface area (Å²) in [4.78, 5) is 29.0. The van der Waals surface area contributed by atoms with Crippen molar-refractivity contribution >= 4 is 11.8 Å². The van der Waals surface area contributed by atoms with Crippen molar-refractivity contribution in [2.75, 3.05) is 39.3 Å². The Balaban J connectivity index is 1.54. The number of halogens is 1. The molecule has 2 amide bonds. The third kappa shape index (κ3) is 3.90. The van der Waals surface area contributed by atoms with Gasteiger partial charge in [0.25, 0.3) is 0 Å². The molecule has 25 heavy (non-hydrogen) atoms. The van der Waals surface area contributed by atoms with Crippen molar-refractivity contribution in [3.8, 4) is 0 Å². The molecule has 0 saturated carbocycles. The number of carbonyl (C=O) groups is 2. The zero-order chi connectivity index (χ0) is 17.9. The number of carbonyl (C=O) groups excluding carboxylic acids is 2. The minimum atomic E-state index is -0.872. The molecule has 136 valence electrons. The number of unbranched alkanes of at least 4 members (excludes halogenated alkanes) is 1. The number of nitrogens with one attached hydrogen (secondary N) is 1. The number of piperazine rings is 1. The van der Waals surface area contributed by atoms with Gasteiger partial charge in [0, 0.05) is 39.1 Å². The van der Waals surface area contributed by atoms with Gasteiger partial charge in [0.15, 0.2) is 0 Å². The minimum Gasteiger partial charge on any atom is -0.314 e. The van der Waals surface area contributed by atoms with E-state index in [4.69, 9.17) is 0 Å². The number of imide groups is 1. The van der Waals surface area contributed by atoms with Crippen LogP contribution < -0.4 is 5.32 Å². The lowest BCUT2D eigenvalue weighted by Gasteiger charge is -2.27. The Hall–Kier alpha value is -1.79. The number of hydrogen-bond donors (Lipinski definition) is 1. The summed E-state index contributed by atoms with van der Waals surface area (Å²) < 4.78 is 13.1. The number of amides is 2. The van der Waals surface area contributed by atoms with Crippen molar-refractivity contribution in [1.29, 1.82) is 0 Å². The molecule has 1 aromatic rings. The van der Waals surface area contributed by atoms with Crippen LogP contribution in [0.15, 0.2) is 24.3 Å². The molecule has 3 rings (SSSR count). The Morgan fingerprint density at radius 1 is 1.08 bits per heavy atom. The van der Waals surface area contributed by atoms with E-state index in [2.05, 4.69) is 10.2 Å². The lowest BCUT2D eigenvalue weighted by molar-refractivity contribution is -0.139. The first-order valence-electron chi connectivity index (χ1n) is 9.04. The molecule has 2 aliphatic heterocycles. The highest BCUT2D eigenvalue weighted by atomic mass is 19.1. The van der Waals surface area contributed by atoms with E-state index in [0.29, 0.717) is 12.1 Å². The molecule has 6 heteroatoms. The normalized spacial score (nSPS) is 25.0. The molecule has 1 unspecified atom stereocenters. The van der Waals surface area contributed by atoms with Gasteiger partial charge in [-0.15, -0.1) is 0 Å². The van der Waals surface area contributed by atoms with E-state index in [1.54, 1.807) is 19.1 Å². The van der Waals surface area contributed by atoms with E-state index >= 15 is 0 Å². The average Bonchev–Trinajstić information content (AvgIpc) is 2.83. The molecule has 2 saturated heterocycles. The fourth-order valence-electron chi connectivity index (χ4n) is 3.69. The first kappa shape index (κ1) is 18.0. The van der Waals surface area contributed by atoms with Crippen LogP contribution in [0.4, 0.5) is 4.39 Å². The zero-order valence-electron chi connectivity index (χ0n) is 14.8. The molecule has 0 radical (unpaired) electrons. The molecule has 2 aliphatic rings. The van der Waals surface area contributed by atoms with Gasteiger partial charge in [-0.1, -0.05) is 12.1 Å². The van der Waals surface area contributed by atoms with Gasteiger partial charge in [0.1, 0.15) is 5.82 Å². The summed E-state index contributed by atoms with van der Waals surface area (Å²) >= 11 is 0. The van der Waals surface area contributed by atoms with Crippen molar-refractivity contribution < 1.29 is 14.0 Å². The second-order valence-electron chi connectivity index (χ2n) is 7.17. The molecule has 2 fully saturated rings. The molecule has 0 aliphatic carbocycles. The van der Waals surface area contributed by atoms with Crippen molar-refractivity contribution in [3.63, 3.8) is 0 Å². The summed E-state index contributed by atoms with van der Waals surface area (Å²) in [5.74, 6) is -0.626. The second-order valence-corrected chi connectivity index (χ2v) is 7.17. The quantitative estimate of drug-likeness (QED) is 0.626. The monoisotopic (exact) mass is 347 g/mol. The van der Waals surface area contributed by atoms with E-state index in [0.717, 1.165) is 45.6 Å². The largest absolute Gasteiger partial charge is 0.314 e. The summed E-state index contributed by atoms with van der Waals surface area (Å²) in [6.45, 7) is 7.43. The molecule has 5 nitrogen and oxygen atoms in total. The predicted octanol–water partition coefficient (Wildman–Crippen LogP) is 1.53. The molecule has 1 N–H and O–H groups in total. The van der Waals surface area contributed by atoms with Gasteiger partial charge in [0.05, 0.1) is 5.41 Å². The maximum atomic E-state index is 13.1. The number of likely N-dealkylation sites (tertiary alicyclic amines) is 1. The number of nitrogens with zero attached hydrogens (tertiary/aromatic N) is 2. The van der Waals surface area contributed by atoms with Crippen molar-refractivity contribution in [3.05, 3.63) is 35.6 Å². The van der Waals surface area contributed by atoms with Crippen molar-refractivity contribution in [2.24, 2.45) is 0 Å². The Kier molecular flexibility index (Phi) is 5.49. The van der Waals surface area contributed by atoms with Gasteiger partial charge in [-0.25, -0.2) is 4.39 Å². The fraction of sp³-hybridized carbons (Fsp3) is 0.579. The highest BCUT2D eigenvalue weighted by Crippen LogP contribution is 2.36. The highest BCUT2D eigenvalue weighted by Gasteiger charge is 2.48. The van der Waals surface area contributed by atoms with Crippen LogP contribution in [0.3, 0.4) is 0 Å². The van der Waals surface area contributed by atoms with Gasteiger partial charge >= 0.3 is 0 Å². The topological polar surface area (TPSA) is 52.7 Å². The predicted molar refractivity (Wildman–Crippen MR) is 93.6 cm³/mol. The number of hydrogen-bond acceptors (Lipinski definition) is 4. The molecule has 0 bridgehead atoms.